The minimum Gasteiger partial charge on any atom is -0.233 e. The zero-order valence-corrected chi connectivity index (χ0v) is 7.64. The molecular formula is C12H9N2. The molecule has 0 atom stereocenters. The standard InChI is InChI=1S/C12H9N2/c1-2-10-3-5-11(6-4-10)12-7-13-9-14-8-12/h2-8H,1H2. The Hall–Kier alpha value is -1.96. The molecule has 0 aliphatic carbocycles. The third-order valence-corrected chi connectivity index (χ3v) is 2.00. The monoisotopic (exact) mass is 181 g/mol. The third kappa shape index (κ3) is 1.69. The van der Waals surface area contributed by atoms with Crippen LogP contribution < -0.4 is 0 Å². The van der Waals surface area contributed by atoms with Gasteiger partial charge in [-0.25, -0.2) is 9.97 Å². The fourth-order valence-electron chi connectivity index (χ4n) is 1.22. The van der Waals surface area contributed by atoms with E-state index >= 15 is 0 Å². The van der Waals surface area contributed by atoms with E-state index in [1.165, 1.54) is 0 Å². The fourth-order valence-corrected chi connectivity index (χ4v) is 1.22. The topological polar surface area (TPSA) is 25.8 Å². The van der Waals surface area contributed by atoms with Crippen LogP contribution in [0.3, 0.4) is 0 Å². The molecule has 0 amide bonds. The predicted molar refractivity (Wildman–Crippen MR) is 56.4 cm³/mol. The van der Waals surface area contributed by atoms with Gasteiger partial charge in [-0.05, 0) is 11.1 Å². The summed E-state index contributed by atoms with van der Waals surface area (Å²) in [7, 11) is 0. The quantitative estimate of drug-likeness (QED) is 0.711. The van der Waals surface area contributed by atoms with Gasteiger partial charge >= 0.3 is 0 Å². The minimum absolute atomic E-state index is 0.999. The highest BCUT2D eigenvalue weighted by Crippen LogP contribution is 2.17. The third-order valence-electron chi connectivity index (χ3n) is 2.00. The van der Waals surface area contributed by atoms with Gasteiger partial charge in [0.25, 0.3) is 0 Å². The van der Waals surface area contributed by atoms with E-state index in [0.717, 1.165) is 16.7 Å². The molecule has 0 bridgehead atoms. The minimum atomic E-state index is 0.999. The summed E-state index contributed by atoms with van der Waals surface area (Å²) >= 11 is 0. The summed E-state index contributed by atoms with van der Waals surface area (Å²) in [5.74, 6) is 0. The molecule has 0 aliphatic rings. The highest BCUT2D eigenvalue weighted by atomic mass is 14.8. The zero-order valence-electron chi connectivity index (χ0n) is 7.64. The van der Waals surface area contributed by atoms with Crippen molar-refractivity contribution in [1.82, 2.24) is 9.97 Å². The van der Waals surface area contributed by atoms with Gasteiger partial charge < -0.3 is 0 Å². The lowest BCUT2D eigenvalue weighted by Gasteiger charge is -1.99. The molecule has 0 saturated carbocycles. The molecule has 2 rings (SSSR count). The van der Waals surface area contributed by atoms with Crippen molar-refractivity contribution in [2.75, 3.05) is 0 Å². The average molecular weight is 181 g/mol. The molecule has 0 N–H and O–H groups in total. The fraction of sp³-hybridized carbons (Fsp3) is 0. The van der Waals surface area contributed by atoms with E-state index in [0.29, 0.717) is 0 Å². The lowest BCUT2D eigenvalue weighted by atomic mass is 10.1. The van der Waals surface area contributed by atoms with Crippen LogP contribution in [0.4, 0.5) is 0 Å². The highest BCUT2D eigenvalue weighted by Gasteiger charge is 1.96. The molecule has 0 fully saturated rings. The van der Waals surface area contributed by atoms with Crippen LogP contribution in [0.1, 0.15) is 5.56 Å². The van der Waals surface area contributed by atoms with Crippen molar-refractivity contribution in [3.05, 3.63) is 55.1 Å². The summed E-state index contributed by atoms with van der Waals surface area (Å²) in [6.07, 6.45) is 7.82. The first-order valence-corrected chi connectivity index (χ1v) is 4.31. The van der Waals surface area contributed by atoms with Crippen molar-refractivity contribution >= 4 is 6.08 Å². The van der Waals surface area contributed by atoms with Gasteiger partial charge in [0.05, 0.1) is 0 Å². The number of hydrogen-bond acceptors (Lipinski definition) is 2. The predicted octanol–water partition coefficient (Wildman–Crippen LogP) is 2.59. The van der Waals surface area contributed by atoms with E-state index in [1.54, 1.807) is 12.4 Å². The summed E-state index contributed by atoms with van der Waals surface area (Å²) in [6.45, 7) is 3.70. The summed E-state index contributed by atoms with van der Waals surface area (Å²) in [5, 5.41) is 0. The summed E-state index contributed by atoms with van der Waals surface area (Å²) < 4.78 is 0. The maximum atomic E-state index is 3.85. The van der Waals surface area contributed by atoms with Crippen molar-refractivity contribution in [1.29, 1.82) is 0 Å². The Morgan fingerprint density at radius 1 is 1.00 bits per heavy atom. The van der Waals surface area contributed by atoms with Crippen LogP contribution >= 0.6 is 0 Å². The summed E-state index contributed by atoms with van der Waals surface area (Å²) in [6, 6.07) is 8.07. The van der Waals surface area contributed by atoms with Gasteiger partial charge in [0.2, 0.25) is 0 Å². The normalized spacial score (nSPS) is 9.71. The lowest BCUT2D eigenvalue weighted by Crippen LogP contribution is -1.82. The number of nitrogens with zero attached hydrogens (tertiary/aromatic N) is 2. The molecule has 67 valence electrons. The Bertz CT molecular complexity index is 418. The van der Waals surface area contributed by atoms with E-state index in [2.05, 4.69) is 22.9 Å². The van der Waals surface area contributed by atoms with E-state index in [4.69, 9.17) is 0 Å². The molecule has 1 radical (unpaired) electrons. The van der Waals surface area contributed by atoms with Crippen LogP contribution in [0.5, 0.6) is 0 Å². The van der Waals surface area contributed by atoms with Gasteiger partial charge in [-0.2, -0.15) is 0 Å². The van der Waals surface area contributed by atoms with Crippen LogP contribution in [-0.2, 0) is 0 Å². The van der Waals surface area contributed by atoms with Crippen molar-refractivity contribution < 1.29 is 0 Å². The maximum Gasteiger partial charge on any atom is 0.197 e. The summed E-state index contributed by atoms with van der Waals surface area (Å²) in [5.41, 5.74) is 3.21. The molecule has 14 heavy (non-hydrogen) atoms. The first kappa shape index (κ1) is 8.63. The molecule has 0 spiro atoms. The first-order chi connectivity index (χ1) is 6.90. The number of rotatable bonds is 2. The van der Waals surface area contributed by atoms with Crippen LogP contribution in [0, 0.1) is 6.33 Å². The second kappa shape index (κ2) is 3.83. The SMILES string of the molecule is C=Cc1ccc(-c2cn[c]nc2)cc1. The second-order valence-electron chi connectivity index (χ2n) is 2.90. The van der Waals surface area contributed by atoms with Gasteiger partial charge in [-0.1, -0.05) is 36.9 Å². The van der Waals surface area contributed by atoms with Crippen molar-refractivity contribution in [3.8, 4) is 11.1 Å². The van der Waals surface area contributed by atoms with Gasteiger partial charge in [0.1, 0.15) is 0 Å². The number of benzene rings is 1. The van der Waals surface area contributed by atoms with E-state index < -0.39 is 0 Å². The Balaban J connectivity index is 2.39. The van der Waals surface area contributed by atoms with E-state index in [-0.39, 0.29) is 0 Å². The lowest BCUT2D eigenvalue weighted by molar-refractivity contribution is 1.15. The number of aromatic nitrogens is 2. The molecule has 0 unspecified atom stereocenters. The summed E-state index contributed by atoms with van der Waals surface area (Å²) in [4.78, 5) is 7.69. The van der Waals surface area contributed by atoms with E-state index in [9.17, 15) is 0 Å². The molecule has 1 aromatic carbocycles. The largest absolute Gasteiger partial charge is 0.233 e. The zero-order chi connectivity index (χ0) is 9.80. The first-order valence-electron chi connectivity index (χ1n) is 4.31. The molecule has 2 nitrogen and oxygen atoms in total. The average Bonchev–Trinajstić information content (AvgIpc) is 2.30. The molecule has 1 aromatic heterocycles. The molecule has 0 saturated heterocycles. The van der Waals surface area contributed by atoms with Gasteiger partial charge in [-0.15, -0.1) is 0 Å². The van der Waals surface area contributed by atoms with Crippen molar-refractivity contribution in [2.45, 2.75) is 0 Å². The van der Waals surface area contributed by atoms with Crippen LogP contribution in [0.2, 0.25) is 0 Å². The van der Waals surface area contributed by atoms with Crippen LogP contribution in [-0.4, -0.2) is 9.97 Å². The Morgan fingerprint density at radius 3 is 2.21 bits per heavy atom. The molecule has 0 aliphatic heterocycles. The Labute approximate surface area is 83.0 Å². The second-order valence-corrected chi connectivity index (χ2v) is 2.90. The maximum absolute atomic E-state index is 3.85. The molecule has 2 heteroatoms. The van der Waals surface area contributed by atoms with Gasteiger partial charge in [0.15, 0.2) is 6.33 Å². The molecule has 2 aromatic rings. The van der Waals surface area contributed by atoms with Gasteiger partial charge in [-0.3, -0.25) is 0 Å². The highest BCUT2D eigenvalue weighted by molar-refractivity contribution is 5.63. The van der Waals surface area contributed by atoms with Crippen molar-refractivity contribution in [2.24, 2.45) is 0 Å². The van der Waals surface area contributed by atoms with E-state index in [1.807, 2.05) is 30.3 Å². The Morgan fingerprint density at radius 2 is 1.64 bits per heavy atom. The van der Waals surface area contributed by atoms with Gasteiger partial charge in [0, 0.05) is 18.0 Å². The molecule has 1 heterocycles. The van der Waals surface area contributed by atoms with Crippen molar-refractivity contribution in [3.63, 3.8) is 0 Å². The Kier molecular flexibility index (Phi) is 2.36. The smallest absolute Gasteiger partial charge is 0.197 e. The van der Waals surface area contributed by atoms with Crippen LogP contribution in [0.25, 0.3) is 17.2 Å². The number of hydrogen-bond donors (Lipinski definition) is 0. The molecular weight excluding hydrogens is 172 g/mol. The van der Waals surface area contributed by atoms with Crippen LogP contribution in [0.15, 0.2) is 43.2 Å².